The van der Waals surface area contributed by atoms with Crippen LogP contribution in [0.25, 0.3) is 0 Å². The van der Waals surface area contributed by atoms with Gasteiger partial charge in [0.05, 0.1) is 6.10 Å². The first kappa shape index (κ1) is 12.5. The molecule has 88 valence electrons. The molecule has 0 aliphatic carbocycles. The number of aliphatic carboxylic acids is 1. The van der Waals surface area contributed by atoms with Gasteiger partial charge in [-0.05, 0) is 19.8 Å². The number of hydrogen-bond acceptors (Lipinski definition) is 3. The lowest BCUT2D eigenvalue weighted by Gasteiger charge is -2.21. The van der Waals surface area contributed by atoms with Crippen molar-refractivity contribution in [2.75, 3.05) is 6.61 Å². The minimum atomic E-state index is -0.748. The first-order valence-corrected chi connectivity index (χ1v) is 5.75. The van der Waals surface area contributed by atoms with Crippen LogP contribution in [0.4, 0.5) is 0 Å². The molecule has 1 heterocycles. The van der Waals surface area contributed by atoms with Crippen molar-refractivity contribution in [2.45, 2.75) is 57.7 Å². The van der Waals surface area contributed by atoms with Gasteiger partial charge in [-0.1, -0.05) is 19.8 Å². The maximum Gasteiger partial charge on any atom is 0.320 e. The molecular weight excluding hydrogens is 194 g/mol. The zero-order chi connectivity index (χ0) is 11.3. The van der Waals surface area contributed by atoms with Crippen molar-refractivity contribution in [3.05, 3.63) is 0 Å². The van der Waals surface area contributed by atoms with Crippen LogP contribution in [0.3, 0.4) is 0 Å². The van der Waals surface area contributed by atoms with Gasteiger partial charge in [-0.15, -0.1) is 0 Å². The molecule has 1 aliphatic heterocycles. The van der Waals surface area contributed by atoms with Crippen molar-refractivity contribution in [3.8, 4) is 0 Å². The Morgan fingerprint density at radius 1 is 1.67 bits per heavy atom. The molecule has 3 unspecified atom stereocenters. The molecule has 0 bridgehead atoms. The lowest BCUT2D eigenvalue weighted by atomic mass is 10.1. The number of carboxylic acids is 1. The number of carbonyl (C=O) groups is 1. The fourth-order valence-corrected chi connectivity index (χ4v) is 1.90. The number of carboxylic acid groups (broad SMARTS) is 1. The van der Waals surface area contributed by atoms with Crippen LogP contribution >= 0.6 is 0 Å². The van der Waals surface area contributed by atoms with E-state index >= 15 is 0 Å². The van der Waals surface area contributed by atoms with Gasteiger partial charge in [0.25, 0.3) is 0 Å². The third kappa shape index (κ3) is 3.80. The van der Waals surface area contributed by atoms with E-state index < -0.39 is 12.0 Å². The van der Waals surface area contributed by atoms with Crippen LogP contribution in [0.1, 0.15) is 39.5 Å². The summed E-state index contributed by atoms with van der Waals surface area (Å²) in [5.41, 5.74) is 0. The molecule has 0 aromatic rings. The van der Waals surface area contributed by atoms with E-state index in [1.54, 1.807) is 0 Å². The number of unbranched alkanes of at least 4 members (excludes halogenated alkanes) is 1. The molecule has 1 fully saturated rings. The average molecular weight is 215 g/mol. The van der Waals surface area contributed by atoms with Crippen LogP contribution in [0.15, 0.2) is 0 Å². The second-order valence-corrected chi connectivity index (χ2v) is 4.17. The first-order valence-electron chi connectivity index (χ1n) is 5.75. The van der Waals surface area contributed by atoms with E-state index in [4.69, 9.17) is 9.84 Å². The van der Waals surface area contributed by atoms with Gasteiger partial charge in [0.1, 0.15) is 6.04 Å². The predicted molar refractivity (Wildman–Crippen MR) is 57.9 cm³/mol. The summed E-state index contributed by atoms with van der Waals surface area (Å²) in [4.78, 5) is 11.0. The molecule has 0 aromatic carbocycles. The molecular formula is C11H21NO3. The summed E-state index contributed by atoms with van der Waals surface area (Å²) in [6, 6.07) is -0.220. The van der Waals surface area contributed by atoms with Gasteiger partial charge in [-0.2, -0.15) is 0 Å². The van der Waals surface area contributed by atoms with E-state index in [-0.39, 0.29) is 12.1 Å². The topological polar surface area (TPSA) is 58.6 Å². The highest BCUT2D eigenvalue weighted by Crippen LogP contribution is 2.14. The lowest BCUT2D eigenvalue weighted by molar-refractivity contribution is -0.140. The van der Waals surface area contributed by atoms with E-state index in [0.717, 1.165) is 25.9 Å². The molecule has 1 saturated heterocycles. The quantitative estimate of drug-likeness (QED) is 0.703. The fourth-order valence-electron chi connectivity index (χ4n) is 1.90. The van der Waals surface area contributed by atoms with E-state index in [1.165, 1.54) is 0 Å². The third-order valence-corrected chi connectivity index (χ3v) is 2.94. The maximum absolute atomic E-state index is 11.0. The Morgan fingerprint density at radius 3 is 2.87 bits per heavy atom. The summed E-state index contributed by atoms with van der Waals surface area (Å²) in [6.07, 6.45) is 3.73. The average Bonchev–Trinajstić information content (AvgIpc) is 2.58. The normalized spacial score (nSPS) is 27.9. The number of hydrogen-bond donors (Lipinski definition) is 2. The first-order chi connectivity index (χ1) is 7.15. The van der Waals surface area contributed by atoms with Gasteiger partial charge in [-0.25, -0.2) is 0 Å². The van der Waals surface area contributed by atoms with Crippen molar-refractivity contribution in [1.82, 2.24) is 5.32 Å². The predicted octanol–water partition coefficient (Wildman–Crippen LogP) is 1.40. The summed E-state index contributed by atoms with van der Waals surface area (Å²) in [6.45, 7) is 4.79. The summed E-state index contributed by atoms with van der Waals surface area (Å²) in [5, 5.41) is 12.2. The van der Waals surface area contributed by atoms with Gasteiger partial charge in [0.15, 0.2) is 0 Å². The Bertz CT molecular complexity index is 208. The minimum absolute atomic E-state index is 0.133. The highest BCUT2D eigenvalue weighted by molar-refractivity contribution is 5.73. The molecule has 4 heteroatoms. The van der Waals surface area contributed by atoms with Crippen molar-refractivity contribution in [3.63, 3.8) is 0 Å². The van der Waals surface area contributed by atoms with Gasteiger partial charge < -0.3 is 9.84 Å². The number of ether oxygens (including phenoxy) is 1. The lowest BCUT2D eigenvalue weighted by Crippen LogP contribution is -2.46. The third-order valence-electron chi connectivity index (χ3n) is 2.94. The van der Waals surface area contributed by atoms with Gasteiger partial charge in [0.2, 0.25) is 0 Å². The number of rotatable bonds is 6. The van der Waals surface area contributed by atoms with Crippen LogP contribution in [0.2, 0.25) is 0 Å². The van der Waals surface area contributed by atoms with Crippen LogP contribution in [0.5, 0.6) is 0 Å². The van der Waals surface area contributed by atoms with E-state index in [9.17, 15) is 4.79 Å². The molecule has 3 atom stereocenters. The highest BCUT2D eigenvalue weighted by atomic mass is 16.5. The standard InChI is InChI=1S/C11H21NO3/c1-3-4-5-10(11(13)14)12-9-6-7-15-8(9)2/h8-10,12H,3-7H2,1-2H3,(H,13,14). The van der Waals surface area contributed by atoms with Crippen molar-refractivity contribution in [2.24, 2.45) is 0 Å². The monoisotopic (exact) mass is 215 g/mol. The van der Waals surface area contributed by atoms with Crippen LogP contribution in [-0.2, 0) is 9.53 Å². The summed E-state index contributed by atoms with van der Waals surface area (Å²) >= 11 is 0. The Kier molecular flexibility index (Phi) is 5.05. The zero-order valence-electron chi connectivity index (χ0n) is 9.53. The zero-order valence-corrected chi connectivity index (χ0v) is 9.53. The summed E-state index contributed by atoms with van der Waals surface area (Å²) < 4.78 is 5.40. The molecule has 0 aromatic heterocycles. The van der Waals surface area contributed by atoms with Crippen LogP contribution in [0, 0.1) is 0 Å². The molecule has 1 aliphatic rings. The van der Waals surface area contributed by atoms with Crippen LogP contribution < -0.4 is 5.32 Å². The van der Waals surface area contributed by atoms with Gasteiger partial charge in [-0.3, -0.25) is 10.1 Å². The molecule has 0 spiro atoms. The Balaban J connectivity index is 2.39. The molecule has 0 saturated carbocycles. The fraction of sp³-hybridized carbons (Fsp3) is 0.909. The van der Waals surface area contributed by atoms with Crippen molar-refractivity contribution < 1.29 is 14.6 Å². The van der Waals surface area contributed by atoms with E-state index in [2.05, 4.69) is 12.2 Å². The Hall–Kier alpha value is -0.610. The van der Waals surface area contributed by atoms with Gasteiger partial charge in [0, 0.05) is 12.6 Å². The van der Waals surface area contributed by atoms with E-state index in [1.807, 2.05) is 6.92 Å². The second kappa shape index (κ2) is 6.08. The molecule has 4 nitrogen and oxygen atoms in total. The maximum atomic E-state index is 11.0. The van der Waals surface area contributed by atoms with Gasteiger partial charge >= 0.3 is 5.97 Å². The largest absolute Gasteiger partial charge is 0.480 e. The minimum Gasteiger partial charge on any atom is -0.480 e. The van der Waals surface area contributed by atoms with Crippen LogP contribution in [-0.4, -0.2) is 35.9 Å². The molecule has 0 radical (unpaired) electrons. The molecule has 15 heavy (non-hydrogen) atoms. The van der Waals surface area contributed by atoms with E-state index in [0.29, 0.717) is 6.42 Å². The Morgan fingerprint density at radius 2 is 2.40 bits per heavy atom. The SMILES string of the molecule is CCCCC(NC1CCOC1C)C(=O)O. The highest BCUT2D eigenvalue weighted by Gasteiger charge is 2.28. The Labute approximate surface area is 91.0 Å². The summed E-state index contributed by atoms with van der Waals surface area (Å²) in [7, 11) is 0. The number of nitrogens with one attached hydrogen (secondary N) is 1. The van der Waals surface area contributed by atoms with Crippen molar-refractivity contribution >= 4 is 5.97 Å². The summed E-state index contributed by atoms with van der Waals surface area (Å²) in [5.74, 6) is -0.748. The molecule has 1 rings (SSSR count). The molecule has 2 N–H and O–H groups in total. The smallest absolute Gasteiger partial charge is 0.320 e. The second-order valence-electron chi connectivity index (χ2n) is 4.17. The van der Waals surface area contributed by atoms with Crippen molar-refractivity contribution in [1.29, 1.82) is 0 Å². The molecule has 0 amide bonds.